The topological polar surface area (TPSA) is 73.8 Å². The zero-order chi connectivity index (χ0) is 18.8. The molecule has 27 heavy (non-hydrogen) atoms. The summed E-state index contributed by atoms with van der Waals surface area (Å²) < 4.78 is 6.96. The largest absolute Gasteiger partial charge is 0.339 e. The molecule has 6 nitrogen and oxygen atoms in total. The molecule has 0 aromatic carbocycles. The molecule has 8 heteroatoms. The lowest BCUT2D eigenvalue weighted by Gasteiger charge is -2.12. The monoisotopic (exact) mass is 402 g/mol. The average molecular weight is 403 g/mol. The normalized spacial score (nSPS) is 13.8. The summed E-state index contributed by atoms with van der Waals surface area (Å²) in [5.74, 6) is 1.81. The van der Waals surface area contributed by atoms with Crippen LogP contribution >= 0.6 is 23.1 Å². The predicted molar refractivity (Wildman–Crippen MR) is 109 cm³/mol. The van der Waals surface area contributed by atoms with Crippen LogP contribution in [0, 0.1) is 0 Å². The van der Waals surface area contributed by atoms with E-state index < -0.39 is 0 Å². The Morgan fingerprint density at radius 1 is 1.33 bits per heavy atom. The molecular weight excluding hydrogens is 380 g/mol. The Labute approximate surface area is 165 Å². The van der Waals surface area contributed by atoms with Crippen LogP contribution in [0.4, 0.5) is 0 Å². The Morgan fingerprint density at radius 2 is 2.19 bits per heavy atom. The van der Waals surface area contributed by atoms with Crippen LogP contribution in [0.5, 0.6) is 0 Å². The number of fused-ring (bicyclic) bond motifs is 3. The Kier molecular flexibility index (Phi) is 5.45. The summed E-state index contributed by atoms with van der Waals surface area (Å²) in [5.41, 5.74) is 1.26. The van der Waals surface area contributed by atoms with E-state index in [0.29, 0.717) is 29.2 Å². The van der Waals surface area contributed by atoms with Gasteiger partial charge in [0, 0.05) is 17.8 Å². The van der Waals surface area contributed by atoms with E-state index in [9.17, 15) is 4.79 Å². The van der Waals surface area contributed by atoms with Gasteiger partial charge >= 0.3 is 0 Å². The molecule has 1 aliphatic rings. The maximum absolute atomic E-state index is 13.2. The first-order valence-electron chi connectivity index (χ1n) is 9.31. The van der Waals surface area contributed by atoms with Crippen LogP contribution in [0.25, 0.3) is 10.2 Å². The van der Waals surface area contributed by atoms with Gasteiger partial charge in [-0.25, -0.2) is 4.98 Å². The molecule has 142 valence electrons. The Balaban J connectivity index is 1.69. The van der Waals surface area contributed by atoms with Gasteiger partial charge in [-0.15, -0.1) is 17.9 Å². The quantitative estimate of drug-likeness (QED) is 0.336. The Bertz CT molecular complexity index is 1030. The first kappa shape index (κ1) is 18.4. The van der Waals surface area contributed by atoms with Crippen LogP contribution in [-0.2, 0) is 31.6 Å². The molecule has 0 bridgehead atoms. The second-order valence-corrected chi connectivity index (χ2v) is 8.66. The minimum atomic E-state index is 0.0431. The number of hydrogen-bond acceptors (Lipinski definition) is 7. The van der Waals surface area contributed by atoms with Gasteiger partial charge in [-0.3, -0.25) is 9.36 Å². The zero-order valence-corrected chi connectivity index (χ0v) is 17.0. The van der Waals surface area contributed by atoms with E-state index >= 15 is 0 Å². The first-order valence-corrected chi connectivity index (χ1v) is 11.1. The highest BCUT2D eigenvalue weighted by molar-refractivity contribution is 7.98. The maximum atomic E-state index is 13.2. The van der Waals surface area contributed by atoms with Crippen LogP contribution in [0.1, 0.15) is 48.3 Å². The lowest BCUT2D eigenvalue weighted by atomic mass is 9.97. The number of rotatable bonds is 7. The standard InChI is InChI=1S/C19H22N4O2S2/c1-3-7-15-20-14(22-25-15)11-26-19-21-17-16(18(24)23(19)10-4-2)12-8-5-6-9-13(12)27-17/h4H,2-3,5-11H2,1H3. The molecule has 0 aliphatic heterocycles. The van der Waals surface area contributed by atoms with Crippen molar-refractivity contribution in [1.29, 1.82) is 0 Å². The number of aryl methyl sites for hydroxylation is 3. The van der Waals surface area contributed by atoms with Crippen molar-refractivity contribution in [3.63, 3.8) is 0 Å². The fraction of sp³-hybridized carbons (Fsp3) is 0.474. The molecule has 0 radical (unpaired) electrons. The number of thioether (sulfide) groups is 1. The van der Waals surface area contributed by atoms with Gasteiger partial charge < -0.3 is 4.52 Å². The van der Waals surface area contributed by atoms with Gasteiger partial charge in [0.05, 0.1) is 11.1 Å². The predicted octanol–water partition coefficient (Wildman–Crippen LogP) is 4.15. The number of allylic oxidation sites excluding steroid dienone is 1. The van der Waals surface area contributed by atoms with Crippen molar-refractivity contribution in [3.8, 4) is 0 Å². The maximum Gasteiger partial charge on any atom is 0.263 e. The Hall–Kier alpha value is -1.93. The van der Waals surface area contributed by atoms with Gasteiger partial charge in [-0.2, -0.15) is 4.98 Å². The van der Waals surface area contributed by atoms with Crippen LogP contribution in [0.2, 0.25) is 0 Å². The van der Waals surface area contributed by atoms with Crippen molar-refractivity contribution in [3.05, 3.63) is 45.2 Å². The summed E-state index contributed by atoms with van der Waals surface area (Å²) in [4.78, 5) is 24.6. The SMILES string of the molecule is C=CCn1c(SCc2noc(CCC)n2)nc2sc3c(c2c1=O)CCCC3. The van der Waals surface area contributed by atoms with Crippen molar-refractivity contribution in [2.45, 2.75) is 62.9 Å². The van der Waals surface area contributed by atoms with Gasteiger partial charge in [-0.05, 0) is 37.7 Å². The van der Waals surface area contributed by atoms with E-state index in [-0.39, 0.29) is 5.56 Å². The van der Waals surface area contributed by atoms with Gasteiger partial charge in [0.15, 0.2) is 11.0 Å². The smallest absolute Gasteiger partial charge is 0.263 e. The van der Waals surface area contributed by atoms with Crippen LogP contribution in [0.15, 0.2) is 27.1 Å². The summed E-state index contributed by atoms with van der Waals surface area (Å²) >= 11 is 3.15. The van der Waals surface area contributed by atoms with E-state index in [0.717, 1.165) is 42.3 Å². The minimum absolute atomic E-state index is 0.0431. The van der Waals surface area contributed by atoms with Crippen molar-refractivity contribution >= 4 is 33.3 Å². The number of hydrogen-bond donors (Lipinski definition) is 0. The van der Waals surface area contributed by atoms with Gasteiger partial charge in [-0.1, -0.05) is 29.9 Å². The molecule has 3 heterocycles. The average Bonchev–Trinajstić information content (AvgIpc) is 3.27. The van der Waals surface area contributed by atoms with Crippen LogP contribution < -0.4 is 5.56 Å². The summed E-state index contributed by atoms with van der Waals surface area (Å²) in [6, 6.07) is 0. The molecule has 0 N–H and O–H groups in total. The third kappa shape index (κ3) is 3.60. The molecule has 1 aliphatic carbocycles. The van der Waals surface area contributed by atoms with Gasteiger partial charge in [0.2, 0.25) is 5.89 Å². The number of thiophene rings is 1. The summed E-state index contributed by atoms with van der Waals surface area (Å²) in [6.45, 7) is 6.32. The third-order valence-corrected chi connectivity index (χ3v) is 6.81. The molecule has 0 saturated heterocycles. The molecule has 3 aromatic rings. The molecule has 4 rings (SSSR count). The fourth-order valence-electron chi connectivity index (χ4n) is 3.41. The zero-order valence-electron chi connectivity index (χ0n) is 15.4. The molecule has 0 spiro atoms. The van der Waals surface area contributed by atoms with Crippen molar-refractivity contribution in [1.82, 2.24) is 19.7 Å². The van der Waals surface area contributed by atoms with Gasteiger partial charge in [0.1, 0.15) is 4.83 Å². The highest BCUT2D eigenvalue weighted by Gasteiger charge is 2.22. The van der Waals surface area contributed by atoms with E-state index in [2.05, 4.69) is 23.6 Å². The van der Waals surface area contributed by atoms with Crippen molar-refractivity contribution in [2.24, 2.45) is 0 Å². The third-order valence-electron chi connectivity index (χ3n) is 4.66. The second kappa shape index (κ2) is 7.98. The first-order chi connectivity index (χ1) is 13.2. The van der Waals surface area contributed by atoms with E-state index in [1.807, 2.05) is 0 Å². The van der Waals surface area contributed by atoms with E-state index in [4.69, 9.17) is 9.51 Å². The van der Waals surface area contributed by atoms with Crippen molar-refractivity contribution in [2.75, 3.05) is 0 Å². The van der Waals surface area contributed by atoms with Crippen molar-refractivity contribution < 1.29 is 4.52 Å². The van der Waals surface area contributed by atoms with Gasteiger partial charge in [0.25, 0.3) is 5.56 Å². The second-order valence-electron chi connectivity index (χ2n) is 6.63. The summed E-state index contributed by atoms with van der Waals surface area (Å²) in [6.07, 6.45) is 7.87. The lowest BCUT2D eigenvalue weighted by Crippen LogP contribution is -2.23. The molecular formula is C19H22N4O2S2. The highest BCUT2D eigenvalue weighted by atomic mass is 32.2. The van der Waals surface area contributed by atoms with E-state index in [1.165, 1.54) is 28.6 Å². The summed E-state index contributed by atoms with van der Waals surface area (Å²) in [7, 11) is 0. The fourth-order valence-corrected chi connectivity index (χ4v) is 5.57. The molecule has 0 fully saturated rings. The number of aromatic nitrogens is 4. The van der Waals surface area contributed by atoms with E-state index in [1.54, 1.807) is 22.0 Å². The van der Waals surface area contributed by atoms with Crippen LogP contribution in [0.3, 0.4) is 0 Å². The molecule has 0 unspecified atom stereocenters. The minimum Gasteiger partial charge on any atom is -0.339 e. The Morgan fingerprint density at radius 3 is 3.00 bits per heavy atom. The molecule has 0 saturated carbocycles. The van der Waals surface area contributed by atoms with Crippen LogP contribution in [-0.4, -0.2) is 19.7 Å². The highest BCUT2D eigenvalue weighted by Crippen LogP contribution is 2.35. The lowest BCUT2D eigenvalue weighted by molar-refractivity contribution is 0.373. The molecule has 0 atom stereocenters. The number of nitrogens with zero attached hydrogens (tertiary/aromatic N) is 4. The summed E-state index contributed by atoms with van der Waals surface area (Å²) in [5, 5.41) is 5.52. The molecule has 3 aromatic heterocycles. The molecule has 0 amide bonds.